The Labute approximate surface area is 158 Å². The molecule has 0 amide bonds. The van der Waals surface area contributed by atoms with Crippen LogP contribution >= 0.6 is 0 Å². The maximum atomic E-state index is 9.90. The maximum absolute atomic E-state index is 9.90. The number of anilines is 3. The molecule has 27 heavy (non-hydrogen) atoms. The van der Waals surface area contributed by atoms with Crippen LogP contribution in [0.1, 0.15) is 37.3 Å². The van der Waals surface area contributed by atoms with Gasteiger partial charge in [-0.3, -0.25) is 5.10 Å². The number of pyridine rings is 1. The van der Waals surface area contributed by atoms with Crippen molar-refractivity contribution in [3.05, 3.63) is 29.5 Å². The van der Waals surface area contributed by atoms with Crippen molar-refractivity contribution in [3.63, 3.8) is 0 Å². The number of ether oxygens (including phenoxy) is 1. The smallest absolute Gasteiger partial charge is 0.143 e. The lowest BCUT2D eigenvalue weighted by molar-refractivity contribution is 0.0985. The highest BCUT2D eigenvalue weighted by atomic mass is 16.5. The van der Waals surface area contributed by atoms with E-state index in [-0.39, 0.29) is 6.04 Å². The van der Waals surface area contributed by atoms with E-state index in [1.165, 1.54) is 6.21 Å². The van der Waals surface area contributed by atoms with E-state index in [1.54, 1.807) is 6.20 Å². The molecule has 1 aliphatic heterocycles. The molecule has 2 fully saturated rings. The summed E-state index contributed by atoms with van der Waals surface area (Å²) >= 11 is 0. The van der Waals surface area contributed by atoms with Crippen molar-refractivity contribution in [2.24, 2.45) is 0 Å². The van der Waals surface area contributed by atoms with Gasteiger partial charge in [0, 0.05) is 24.4 Å². The summed E-state index contributed by atoms with van der Waals surface area (Å²) in [5.74, 6) is 2.08. The fraction of sp³-hybridized carbons (Fsp3) is 0.474. The monoisotopic (exact) mass is 365 g/mol. The molecule has 0 spiro atoms. The summed E-state index contributed by atoms with van der Waals surface area (Å²) in [7, 11) is 0. The molecule has 2 aromatic rings. The molecule has 3 heterocycles. The highest BCUT2D eigenvalue weighted by molar-refractivity contribution is 5.89. The zero-order valence-corrected chi connectivity index (χ0v) is 15.3. The number of aromatic amines is 1. The summed E-state index contributed by atoms with van der Waals surface area (Å²) in [6, 6.07) is 6.52. The van der Waals surface area contributed by atoms with Crippen LogP contribution in [0.25, 0.3) is 0 Å². The Hall–Kier alpha value is -2.92. The summed E-state index contributed by atoms with van der Waals surface area (Å²) in [4.78, 5) is 7.02. The number of nitrogens with one attached hydrogen (secondary N) is 3. The third kappa shape index (κ3) is 3.04. The summed E-state index contributed by atoms with van der Waals surface area (Å²) in [5.41, 5.74) is 1.01. The van der Waals surface area contributed by atoms with Crippen LogP contribution in [0.4, 0.5) is 17.5 Å². The molecule has 4 rings (SSSR count). The van der Waals surface area contributed by atoms with Crippen molar-refractivity contribution in [1.82, 2.24) is 15.2 Å². The molecule has 1 saturated heterocycles. The molecule has 3 N–H and O–H groups in total. The lowest BCUT2D eigenvalue weighted by atomic mass is 9.64. The molecule has 0 bridgehead atoms. The van der Waals surface area contributed by atoms with Gasteiger partial charge in [0.2, 0.25) is 0 Å². The standard InChI is InChI=1S/C19H23N7O/c1-13-11-27-8-7-26(13)17-9-15(19(12-21)4-2-5-19)14(10-20)18(24-17)23-16-3-6-22-25-16/h3,6,9-10,13,20H,2,4-5,7-8,11H2,1H3,(H2,22,23,24,25)/t13-/m1/s1. The Morgan fingerprint density at radius 2 is 2.37 bits per heavy atom. The number of H-pyrrole nitrogens is 1. The van der Waals surface area contributed by atoms with E-state index in [0.717, 1.165) is 37.2 Å². The first kappa shape index (κ1) is 17.5. The molecule has 8 heteroatoms. The van der Waals surface area contributed by atoms with Gasteiger partial charge in [0.15, 0.2) is 0 Å². The number of hydrogen-bond acceptors (Lipinski definition) is 7. The van der Waals surface area contributed by atoms with Gasteiger partial charge in [0.25, 0.3) is 0 Å². The SMILES string of the molecule is C[C@@H]1COCCN1c1cc(C2(C#N)CCC2)c(C=N)c(Nc2ccn[nH]2)n1. The lowest BCUT2D eigenvalue weighted by Crippen LogP contribution is -2.44. The predicted molar refractivity (Wildman–Crippen MR) is 103 cm³/mol. The third-order valence-corrected chi connectivity index (χ3v) is 5.54. The minimum atomic E-state index is -0.537. The summed E-state index contributed by atoms with van der Waals surface area (Å²) in [6.45, 7) is 4.16. The molecule has 1 saturated carbocycles. The van der Waals surface area contributed by atoms with Gasteiger partial charge in [0.1, 0.15) is 17.5 Å². The van der Waals surface area contributed by atoms with Gasteiger partial charge in [-0.1, -0.05) is 0 Å². The van der Waals surface area contributed by atoms with Gasteiger partial charge in [-0.25, -0.2) is 4.98 Å². The van der Waals surface area contributed by atoms with Crippen LogP contribution in [0.3, 0.4) is 0 Å². The van der Waals surface area contributed by atoms with E-state index in [9.17, 15) is 5.26 Å². The molecule has 140 valence electrons. The second-order valence-electron chi connectivity index (χ2n) is 7.19. The first-order valence-electron chi connectivity index (χ1n) is 9.25. The van der Waals surface area contributed by atoms with E-state index in [1.807, 2.05) is 12.1 Å². The quantitative estimate of drug-likeness (QED) is 0.702. The van der Waals surface area contributed by atoms with Gasteiger partial charge in [-0.05, 0) is 37.8 Å². The molecule has 1 aliphatic carbocycles. The highest BCUT2D eigenvalue weighted by Crippen LogP contribution is 2.46. The second kappa shape index (κ2) is 7.00. The fourth-order valence-electron chi connectivity index (χ4n) is 3.82. The van der Waals surface area contributed by atoms with Crippen molar-refractivity contribution in [1.29, 1.82) is 10.7 Å². The largest absolute Gasteiger partial charge is 0.377 e. The van der Waals surface area contributed by atoms with E-state index in [2.05, 4.69) is 33.4 Å². The van der Waals surface area contributed by atoms with Gasteiger partial charge >= 0.3 is 0 Å². The molecular formula is C19H23N7O. The molecule has 2 aromatic heterocycles. The Kier molecular flexibility index (Phi) is 4.54. The molecule has 0 radical (unpaired) electrons. The fourth-order valence-corrected chi connectivity index (χ4v) is 3.82. The van der Waals surface area contributed by atoms with Gasteiger partial charge in [-0.2, -0.15) is 10.4 Å². The Morgan fingerprint density at radius 3 is 2.96 bits per heavy atom. The molecular weight excluding hydrogens is 342 g/mol. The molecule has 2 aliphatic rings. The minimum Gasteiger partial charge on any atom is -0.377 e. The van der Waals surface area contributed by atoms with Crippen molar-refractivity contribution in [3.8, 4) is 6.07 Å². The van der Waals surface area contributed by atoms with E-state index in [0.29, 0.717) is 30.4 Å². The zero-order valence-electron chi connectivity index (χ0n) is 15.3. The maximum Gasteiger partial charge on any atom is 0.143 e. The predicted octanol–water partition coefficient (Wildman–Crippen LogP) is 2.72. The zero-order chi connectivity index (χ0) is 18.9. The van der Waals surface area contributed by atoms with Crippen LogP contribution in [0.2, 0.25) is 0 Å². The van der Waals surface area contributed by atoms with Crippen molar-refractivity contribution < 1.29 is 4.74 Å². The molecule has 0 unspecified atom stereocenters. The minimum absolute atomic E-state index is 0.198. The van der Waals surface area contributed by atoms with Crippen molar-refractivity contribution in [2.75, 3.05) is 30.0 Å². The summed E-state index contributed by atoms with van der Waals surface area (Å²) in [6.07, 6.45) is 5.61. The van der Waals surface area contributed by atoms with Crippen LogP contribution < -0.4 is 10.2 Å². The van der Waals surface area contributed by atoms with Crippen LogP contribution in [-0.4, -0.2) is 47.2 Å². The van der Waals surface area contributed by atoms with Gasteiger partial charge in [-0.15, -0.1) is 0 Å². The Balaban J connectivity index is 1.84. The number of hydrogen-bond donors (Lipinski definition) is 3. The average molecular weight is 365 g/mol. The van der Waals surface area contributed by atoms with Crippen molar-refractivity contribution >= 4 is 23.7 Å². The van der Waals surface area contributed by atoms with Crippen LogP contribution in [0.5, 0.6) is 0 Å². The number of morpholine rings is 1. The van der Waals surface area contributed by atoms with Crippen molar-refractivity contribution in [2.45, 2.75) is 37.6 Å². The third-order valence-electron chi connectivity index (χ3n) is 5.54. The first-order chi connectivity index (χ1) is 13.2. The normalized spacial score (nSPS) is 21.2. The Bertz CT molecular complexity index is 867. The van der Waals surface area contributed by atoms with Crippen LogP contribution in [0, 0.1) is 16.7 Å². The summed E-state index contributed by atoms with van der Waals surface area (Å²) < 4.78 is 5.56. The topological polar surface area (TPSA) is 114 Å². The molecule has 0 aromatic carbocycles. The molecule has 1 atom stereocenters. The first-order valence-corrected chi connectivity index (χ1v) is 9.25. The molecule has 8 nitrogen and oxygen atoms in total. The number of nitrogens with zero attached hydrogens (tertiary/aromatic N) is 4. The second-order valence-corrected chi connectivity index (χ2v) is 7.19. The van der Waals surface area contributed by atoms with Crippen LogP contribution in [-0.2, 0) is 10.2 Å². The average Bonchev–Trinajstić information content (AvgIpc) is 3.14. The van der Waals surface area contributed by atoms with E-state index >= 15 is 0 Å². The van der Waals surface area contributed by atoms with Gasteiger partial charge < -0.3 is 20.4 Å². The number of nitriles is 1. The van der Waals surface area contributed by atoms with E-state index < -0.39 is 5.41 Å². The highest BCUT2D eigenvalue weighted by Gasteiger charge is 2.42. The number of rotatable bonds is 5. The van der Waals surface area contributed by atoms with Crippen LogP contribution in [0.15, 0.2) is 18.3 Å². The lowest BCUT2D eigenvalue weighted by Gasteiger charge is -2.39. The number of aromatic nitrogens is 3. The Morgan fingerprint density at radius 1 is 1.52 bits per heavy atom. The van der Waals surface area contributed by atoms with Gasteiger partial charge in [0.05, 0.1) is 36.9 Å². The summed E-state index contributed by atoms with van der Waals surface area (Å²) in [5, 5.41) is 28.0. The van der Waals surface area contributed by atoms with E-state index in [4.69, 9.17) is 15.1 Å².